The Labute approximate surface area is 113 Å². The van der Waals surface area contributed by atoms with Gasteiger partial charge in [0, 0.05) is 19.6 Å². The number of amides is 1. The summed E-state index contributed by atoms with van der Waals surface area (Å²) in [6.45, 7) is 3.04. The van der Waals surface area contributed by atoms with Gasteiger partial charge in [-0.05, 0) is 5.56 Å². The van der Waals surface area contributed by atoms with E-state index < -0.39 is 6.10 Å². The number of hydrogen-bond donors (Lipinski definition) is 2. The highest BCUT2D eigenvalue weighted by atomic mass is 16.5. The van der Waals surface area contributed by atoms with Gasteiger partial charge in [0.1, 0.15) is 0 Å². The van der Waals surface area contributed by atoms with E-state index in [0.717, 1.165) is 12.1 Å². The summed E-state index contributed by atoms with van der Waals surface area (Å²) in [5, 5.41) is 12.6. The lowest BCUT2D eigenvalue weighted by Gasteiger charge is -2.28. The molecular weight excluding hydrogens is 244 g/mol. The van der Waals surface area contributed by atoms with Crippen LogP contribution in [0.4, 0.5) is 0 Å². The standard InChI is InChI=1S/C14H20N2O3/c17-13(8-16-7-6-15-14(18)9-16)11-19-10-12-4-2-1-3-5-12/h1-5,13,17H,6-11H2,(H,15,18). The molecule has 104 valence electrons. The number of nitrogens with zero attached hydrogens (tertiary/aromatic N) is 1. The van der Waals surface area contributed by atoms with Gasteiger partial charge in [-0.15, -0.1) is 0 Å². The van der Waals surface area contributed by atoms with E-state index in [1.807, 2.05) is 35.2 Å². The van der Waals surface area contributed by atoms with Crippen molar-refractivity contribution in [1.29, 1.82) is 0 Å². The second kappa shape index (κ2) is 7.23. The van der Waals surface area contributed by atoms with E-state index >= 15 is 0 Å². The minimum atomic E-state index is -0.561. The number of hydrogen-bond acceptors (Lipinski definition) is 4. The van der Waals surface area contributed by atoms with Crippen LogP contribution in [0.3, 0.4) is 0 Å². The van der Waals surface area contributed by atoms with Gasteiger partial charge in [-0.2, -0.15) is 0 Å². The second-order valence-corrected chi connectivity index (χ2v) is 4.74. The van der Waals surface area contributed by atoms with Gasteiger partial charge in [0.2, 0.25) is 5.91 Å². The van der Waals surface area contributed by atoms with Crippen LogP contribution in [0.2, 0.25) is 0 Å². The Bertz CT molecular complexity index is 397. The first kappa shape index (κ1) is 14.0. The van der Waals surface area contributed by atoms with E-state index in [9.17, 15) is 9.90 Å². The lowest BCUT2D eigenvalue weighted by Crippen LogP contribution is -2.50. The average molecular weight is 264 g/mol. The Hall–Kier alpha value is -1.43. The van der Waals surface area contributed by atoms with Crippen LogP contribution in [0.25, 0.3) is 0 Å². The molecule has 0 aromatic heterocycles. The largest absolute Gasteiger partial charge is 0.389 e. The zero-order valence-electron chi connectivity index (χ0n) is 10.9. The number of benzene rings is 1. The van der Waals surface area contributed by atoms with Crippen molar-refractivity contribution in [3.05, 3.63) is 35.9 Å². The van der Waals surface area contributed by atoms with Crippen molar-refractivity contribution in [2.24, 2.45) is 0 Å². The molecule has 1 fully saturated rings. The van der Waals surface area contributed by atoms with Crippen LogP contribution in [0, 0.1) is 0 Å². The Morgan fingerprint density at radius 1 is 1.37 bits per heavy atom. The maximum atomic E-state index is 11.2. The molecule has 1 heterocycles. The fraction of sp³-hybridized carbons (Fsp3) is 0.500. The van der Waals surface area contributed by atoms with Crippen molar-refractivity contribution in [2.45, 2.75) is 12.7 Å². The summed E-state index contributed by atoms with van der Waals surface area (Å²) in [5.74, 6) is 0.0173. The van der Waals surface area contributed by atoms with Crippen molar-refractivity contribution in [3.63, 3.8) is 0 Å². The van der Waals surface area contributed by atoms with Gasteiger partial charge in [-0.25, -0.2) is 0 Å². The SMILES string of the molecule is O=C1CN(CC(O)COCc2ccccc2)CCN1. The quantitative estimate of drug-likeness (QED) is 0.759. The minimum absolute atomic E-state index is 0.0173. The third-order valence-electron chi connectivity index (χ3n) is 3.01. The molecule has 1 unspecified atom stereocenters. The van der Waals surface area contributed by atoms with Crippen molar-refractivity contribution in [2.75, 3.05) is 32.8 Å². The molecule has 5 heteroatoms. The first-order valence-electron chi connectivity index (χ1n) is 6.53. The highest BCUT2D eigenvalue weighted by Gasteiger charge is 2.18. The molecule has 0 aliphatic carbocycles. The second-order valence-electron chi connectivity index (χ2n) is 4.74. The molecule has 1 aromatic rings. The van der Waals surface area contributed by atoms with Gasteiger partial charge in [0.25, 0.3) is 0 Å². The number of rotatable bonds is 6. The summed E-state index contributed by atoms with van der Waals surface area (Å²) >= 11 is 0. The summed E-state index contributed by atoms with van der Waals surface area (Å²) in [6.07, 6.45) is -0.561. The topological polar surface area (TPSA) is 61.8 Å². The molecule has 5 nitrogen and oxygen atoms in total. The number of β-amino-alcohol motifs (C(OH)–C–C–N with tert-alkyl or cyclic N) is 1. The van der Waals surface area contributed by atoms with E-state index in [1.54, 1.807) is 0 Å². The fourth-order valence-corrected chi connectivity index (χ4v) is 2.09. The van der Waals surface area contributed by atoms with Crippen LogP contribution in [0.15, 0.2) is 30.3 Å². The number of aliphatic hydroxyl groups excluding tert-OH is 1. The number of piperazine rings is 1. The molecule has 1 saturated heterocycles. The Kier molecular flexibility index (Phi) is 5.32. The van der Waals surface area contributed by atoms with Crippen LogP contribution in [-0.4, -0.2) is 54.8 Å². The maximum absolute atomic E-state index is 11.2. The Morgan fingerprint density at radius 2 is 2.16 bits per heavy atom. The van der Waals surface area contributed by atoms with Gasteiger partial charge in [0.05, 0.1) is 25.9 Å². The van der Waals surface area contributed by atoms with Gasteiger partial charge < -0.3 is 15.2 Å². The monoisotopic (exact) mass is 264 g/mol. The number of carbonyl (C=O) groups excluding carboxylic acids is 1. The molecular formula is C14H20N2O3. The third-order valence-corrected chi connectivity index (χ3v) is 3.01. The molecule has 2 N–H and O–H groups in total. The van der Waals surface area contributed by atoms with E-state index in [-0.39, 0.29) is 12.5 Å². The Morgan fingerprint density at radius 3 is 2.89 bits per heavy atom. The van der Waals surface area contributed by atoms with Crippen molar-refractivity contribution >= 4 is 5.91 Å². The van der Waals surface area contributed by atoms with Crippen LogP contribution in [0.1, 0.15) is 5.56 Å². The minimum Gasteiger partial charge on any atom is -0.389 e. The summed E-state index contributed by atoms with van der Waals surface area (Å²) in [5.41, 5.74) is 1.09. The molecule has 1 aromatic carbocycles. The smallest absolute Gasteiger partial charge is 0.234 e. The first-order valence-corrected chi connectivity index (χ1v) is 6.53. The predicted molar refractivity (Wildman–Crippen MR) is 71.6 cm³/mol. The number of carbonyl (C=O) groups is 1. The van der Waals surface area contributed by atoms with Crippen molar-refractivity contribution in [3.8, 4) is 0 Å². The lowest BCUT2D eigenvalue weighted by molar-refractivity contribution is -0.124. The average Bonchev–Trinajstić information content (AvgIpc) is 2.40. The molecule has 0 saturated carbocycles. The third kappa shape index (κ3) is 4.98. The predicted octanol–water partition coefficient (Wildman–Crippen LogP) is -0.00410. The summed E-state index contributed by atoms with van der Waals surface area (Å²) in [7, 11) is 0. The summed E-state index contributed by atoms with van der Waals surface area (Å²) < 4.78 is 5.47. The van der Waals surface area contributed by atoms with Gasteiger partial charge in [0.15, 0.2) is 0 Å². The zero-order valence-corrected chi connectivity index (χ0v) is 10.9. The fourth-order valence-electron chi connectivity index (χ4n) is 2.09. The van der Waals surface area contributed by atoms with Crippen molar-refractivity contribution < 1.29 is 14.6 Å². The van der Waals surface area contributed by atoms with Crippen LogP contribution in [-0.2, 0) is 16.1 Å². The van der Waals surface area contributed by atoms with E-state index in [0.29, 0.717) is 26.2 Å². The molecule has 1 aliphatic heterocycles. The van der Waals surface area contributed by atoms with E-state index in [2.05, 4.69) is 5.32 Å². The molecule has 0 radical (unpaired) electrons. The molecule has 0 bridgehead atoms. The molecule has 1 aliphatic rings. The van der Waals surface area contributed by atoms with E-state index in [1.165, 1.54) is 0 Å². The van der Waals surface area contributed by atoms with Gasteiger partial charge in [-0.1, -0.05) is 30.3 Å². The Balaban J connectivity index is 1.64. The molecule has 1 atom stereocenters. The van der Waals surface area contributed by atoms with Crippen LogP contribution in [0.5, 0.6) is 0 Å². The van der Waals surface area contributed by atoms with Crippen LogP contribution >= 0.6 is 0 Å². The van der Waals surface area contributed by atoms with Gasteiger partial charge in [-0.3, -0.25) is 9.69 Å². The van der Waals surface area contributed by atoms with Crippen LogP contribution < -0.4 is 5.32 Å². The maximum Gasteiger partial charge on any atom is 0.234 e. The van der Waals surface area contributed by atoms with Crippen molar-refractivity contribution in [1.82, 2.24) is 10.2 Å². The highest BCUT2D eigenvalue weighted by Crippen LogP contribution is 2.02. The molecule has 2 rings (SSSR count). The van der Waals surface area contributed by atoms with Gasteiger partial charge >= 0.3 is 0 Å². The number of nitrogens with one attached hydrogen (secondary N) is 1. The zero-order chi connectivity index (χ0) is 13.5. The highest BCUT2D eigenvalue weighted by molar-refractivity contribution is 5.78. The number of ether oxygens (including phenoxy) is 1. The van der Waals surface area contributed by atoms with E-state index in [4.69, 9.17) is 4.74 Å². The summed E-state index contributed by atoms with van der Waals surface area (Å²) in [6, 6.07) is 9.85. The molecule has 1 amide bonds. The summed E-state index contributed by atoms with van der Waals surface area (Å²) in [4.78, 5) is 13.1. The lowest BCUT2D eigenvalue weighted by atomic mass is 10.2. The normalized spacial score (nSPS) is 18.1. The number of aliphatic hydroxyl groups is 1. The first-order chi connectivity index (χ1) is 9.24. The molecule has 19 heavy (non-hydrogen) atoms. The molecule has 0 spiro atoms.